The minimum absolute atomic E-state index is 0.472. The summed E-state index contributed by atoms with van der Waals surface area (Å²) in [4.78, 5) is 0. The summed E-state index contributed by atoms with van der Waals surface area (Å²) in [5.41, 5.74) is 16.1. The molecular formula is C44H38. The molecule has 1 unspecified atom stereocenters. The molecule has 1 atom stereocenters. The summed E-state index contributed by atoms with van der Waals surface area (Å²) in [5.74, 6) is 0.472. The van der Waals surface area contributed by atoms with Crippen LogP contribution in [0.15, 0.2) is 121 Å². The van der Waals surface area contributed by atoms with Crippen molar-refractivity contribution in [1.82, 2.24) is 0 Å². The average molecular weight is 567 g/mol. The summed E-state index contributed by atoms with van der Waals surface area (Å²) in [7, 11) is 0. The highest BCUT2D eigenvalue weighted by molar-refractivity contribution is 6.22. The lowest BCUT2D eigenvalue weighted by molar-refractivity contribution is 0.687. The molecule has 0 N–H and O–H groups in total. The molecule has 0 aromatic heterocycles. The smallest absolute Gasteiger partial charge is 0.00618 e. The van der Waals surface area contributed by atoms with Crippen LogP contribution in [0.2, 0.25) is 0 Å². The second kappa shape index (κ2) is 10.6. The Hall–Kier alpha value is -4.42. The van der Waals surface area contributed by atoms with E-state index in [9.17, 15) is 0 Å². The van der Waals surface area contributed by atoms with Crippen molar-refractivity contribution >= 4 is 27.1 Å². The predicted octanol–water partition coefficient (Wildman–Crippen LogP) is 11.5. The molecule has 0 amide bonds. The van der Waals surface area contributed by atoms with Crippen LogP contribution < -0.4 is 0 Å². The van der Waals surface area contributed by atoms with E-state index < -0.39 is 0 Å². The molecule has 5 aromatic rings. The molecule has 0 bridgehead atoms. The zero-order chi connectivity index (χ0) is 29.0. The third kappa shape index (κ3) is 4.11. The molecule has 0 aliphatic heterocycles. The number of fused-ring (bicyclic) bond motifs is 5. The molecule has 214 valence electrons. The number of aryl methyl sites for hydroxylation is 2. The van der Waals surface area contributed by atoms with Crippen molar-refractivity contribution in [2.45, 2.75) is 57.8 Å². The zero-order valence-corrected chi connectivity index (χ0v) is 25.4. The van der Waals surface area contributed by atoms with Crippen molar-refractivity contribution in [3.63, 3.8) is 0 Å². The van der Waals surface area contributed by atoms with Gasteiger partial charge in [-0.25, -0.2) is 0 Å². The van der Waals surface area contributed by atoms with Crippen LogP contribution in [-0.4, -0.2) is 0 Å². The van der Waals surface area contributed by atoms with E-state index in [1.54, 1.807) is 22.3 Å². The van der Waals surface area contributed by atoms with Crippen LogP contribution in [0.5, 0.6) is 0 Å². The van der Waals surface area contributed by atoms with Crippen LogP contribution >= 0.6 is 0 Å². The SMILES string of the molecule is C1=CC2=C(c3ccc4c(-c5cccc6c5CCCC6)c5ccccc5c(-c5cccc6c5CCCC6)c4c3)C=CCC2C=C1. The Kier molecular flexibility index (Phi) is 6.29. The third-order valence-corrected chi connectivity index (χ3v) is 10.8. The molecule has 0 saturated heterocycles. The lowest BCUT2D eigenvalue weighted by Crippen LogP contribution is -2.07. The van der Waals surface area contributed by atoms with Gasteiger partial charge >= 0.3 is 0 Å². The third-order valence-electron chi connectivity index (χ3n) is 10.8. The Balaban J connectivity index is 1.41. The molecule has 44 heavy (non-hydrogen) atoms. The fraction of sp³-hybridized carbons (Fsp3) is 0.227. The van der Waals surface area contributed by atoms with Gasteiger partial charge in [-0.1, -0.05) is 109 Å². The van der Waals surface area contributed by atoms with E-state index in [1.807, 2.05) is 0 Å². The van der Waals surface area contributed by atoms with Gasteiger partial charge in [0.2, 0.25) is 0 Å². The minimum atomic E-state index is 0.472. The van der Waals surface area contributed by atoms with Crippen molar-refractivity contribution in [1.29, 1.82) is 0 Å². The lowest BCUT2D eigenvalue weighted by Gasteiger charge is -2.26. The molecule has 0 saturated carbocycles. The van der Waals surface area contributed by atoms with Crippen molar-refractivity contribution < 1.29 is 0 Å². The van der Waals surface area contributed by atoms with E-state index in [4.69, 9.17) is 0 Å². The fourth-order valence-corrected chi connectivity index (χ4v) is 8.73. The topological polar surface area (TPSA) is 0 Å². The van der Waals surface area contributed by atoms with Crippen molar-refractivity contribution in [3.8, 4) is 22.3 Å². The summed E-state index contributed by atoms with van der Waals surface area (Å²) in [6, 6.07) is 30.9. The first-order chi connectivity index (χ1) is 21.8. The van der Waals surface area contributed by atoms with Gasteiger partial charge < -0.3 is 0 Å². The van der Waals surface area contributed by atoms with Crippen molar-refractivity contribution in [2.24, 2.45) is 5.92 Å². The maximum Gasteiger partial charge on any atom is 0.00618 e. The summed E-state index contributed by atoms with van der Waals surface area (Å²) in [5, 5.41) is 5.54. The van der Waals surface area contributed by atoms with Gasteiger partial charge in [-0.3, -0.25) is 0 Å². The second-order valence-electron chi connectivity index (χ2n) is 13.2. The van der Waals surface area contributed by atoms with Crippen LogP contribution in [0.4, 0.5) is 0 Å². The molecule has 0 heteroatoms. The normalized spacial score (nSPS) is 18.9. The molecule has 0 radical (unpaired) electrons. The highest BCUT2D eigenvalue weighted by atomic mass is 14.3. The first-order valence-corrected chi connectivity index (χ1v) is 16.8. The maximum atomic E-state index is 2.54. The van der Waals surface area contributed by atoms with E-state index in [1.165, 1.54) is 112 Å². The molecule has 0 nitrogen and oxygen atoms in total. The van der Waals surface area contributed by atoms with Crippen LogP contribution in [-0.2, 0) is 25.7 Å². The molecule has 0 fully saturated rings. The largest absolute Gasteiger partial charge is 0.0830 e. The van der Waals surface area contributed by atoms with Gasteiger partial charge in [0.25, 0.3) is 0 Å². The predicted molar refractivity (Wildman–Crippen MR) is 188 cm³/mol. The van der Waals surface area contributed by atoms with Crippen LogP contribution in [0, 0.1) is 5.92 Å². The van der Waals surface area contributed by atoms with Gasteiger partial charge in [-0.2, -0.15) is 0 Å². The van der Waals surface area contributed by atoms with Crippen molar-refractivity contribution in [3.05, 3.63) is 149 Å². The highest BCUT2D eigenvalue weighted by Gasteiger charge is 2.25. The molecule has 5 aromatic carbocycles. The van der Waals surface area contributed by atoms with Crippen LogP contribution in [0.1, 0.15) is 59.9 Å². The summed E-state index contributed by atoms with van der Waals surface area (Å²) in [6.07, 6.45) is 24.8. The average Bonchev–Trinajstić information content (AvgIpc) is 3.10. The maximum absolute atomic E-state index is 2.54. The summed E-state index contributed by atoms with van der Waals surface area (Å²) in [6.45, 7) is 0. The second-order valence-corrected chi connectivity index (χ2v) is 13.2. The lowest BCUT2D eigenvalue weighted by atomic mass is 9.78. The van der Waals surface area contributed by atoms with E-state index in [0.29, 0.717) is 5.92 Å². The van der Waals surface area contributed by atoms with Crippen molar-refractivity contribution in [2.75, 3.05) is 0 Å². The number of benzene rings is 5. The van der Waals surface area contributed by atoms with Gasteiger partial charge in [0.15, 0.2) is 0 Å². The zero-order valence-electron chi connectivity index (χ0n) is 25.4. The molecule has 4 aliphatic rings. The van der Waals surface area contributed by atoms with Gasteiger partial charge in [-0.15, -0.1) is 0 Å². The Morgan fingerprint density at radius 1 is 0.523 bits per heavy atom. The number of hydrogen-bond donors (Lipinski definition) is 0. The van der Waals surface area contributed by atoms with Gasteiger partial charge in [-0.05, 0) is 147 Å². The molecule has 0 spiro atoms. The summed E-state index contributed by atoms with van der Waals surface area (Å²) < 4.78 is 0. The molecule has 0 heterocycles. The number of allylic oxidation sites excluding steroid dienone is 8. The quantitative estimate of drug-likeness (QED) is 0.191. The Labute approximate surface area is 261 Å². The molecule has 4 aliphatic carbocycles. The van der Waals surface area contributed by atoms with E-state index in [2.05, 4.69) is 115 Å². The van der Waals surface area contributed by atoms with E-state index in [-0.39, 0.29) is 0 Å². The highest BCUT2D eigenvalue weighted by Crippen LogP contribution is 2.48. The number of rotatable bonds is 3. The van der Waals surface area contributed by atoms with Gasteiger partial charge in [0.1, 0.15) is 0 Å². The monoisotopic (exact) mass is 566 g/mol. The van der Waals surface area contributed by atoms with Gasteiger partial charge in [0, 0.05) is 5.92 Å². The molecule has 9 rings (SSSR count). The Morgan fingerprint density at radius 3 is 1.86 bits per heavy atom. The minimum Gasteiger partial charge on any atom is -0.0830 e. The Morgan fingerprint density at radius 2 is 1.16 bits per heavy atom. The summed E-state index contributed by atoms with van der Waals surface area (Å²) >= 11 is 0. The van der Waals surface area contributed by atoms with E-state index in [0.717, 1.165) is 6.42 Å². The fourth-order valence-electron chi connectivity index (χ4n) is 8.73. The van der Waals surface area contributed by atoms with Gasteiger partial charge in [0.05, 0.1) is 0 Å². The first kappa shape index (κ1) is 26.0. The van der Waals surface area contributed by atoms with Crippen LogP contribution in [0.25, 0.3) is 49.4 Å². The first-order valence-electron chi connectivity index (χ1n) is 16.8. The molecular weight excluding hydrogens is 528 g/mol. The van der Waals surface area contributed by atoms with Crippen LogP contribution in [0.3, 0.4) is 0 Å². The van der Waals surface area contributed by atoms with E-state index >= 15 is 0 Å². The standard InChI is InChI=1S/C44H38/c1-4-18-33-29(12-1)15-9-23-36(33)32-26-27-41-42(28-32)44(38-25-11-17-31-14-3-6-20-35(31)38)40-22-8-7-21-39(40)43(41)37-24-10-16-30-13-2-5-19-34(30)37/h1,4,7-12,16-18,21-29H,2-3,5-6,13-15,19-20H2. The Bertz CT molecular complexity index is 2090. The number of hydrogen-bond acceptors (Lipinski definition) is 0.